The van der Waals surface area contributed by atoms with E-state index in [1.54, 1.807) is 0 Å². The van der Waals surface area contributed by atoms with Gasteiger partial charge in [0.1, 0.15) is 12.7 Å². The normalized spacial score (nSPS) is 10.6. The first-order valence-corrected chi connectivity index (χ1v) is 5.44. The third-order valence-electron chi connectivity index (χ3n) is 0.933. The van der Waals surface area contributed by atoms with E-state index in [0.29, 0.717) is 0 Å². The molecule has 8 nitrogen and oxygen atoms in total. The minimum Gasteiger partial charge on any atom is -0.275 e. The molecule has 2 N–H and O–H groups in total. The minimum absolute atomic E-state index is 0.0854. The Morgan fingerprint density at radius 3 is 2.43 bits per heavy atom. The van der Waals surface area contributed by atoms with Crippen LogP contribution in [0.15, 0.2) is 12.7 Å². The quantitative estimate of drug-likeness (QED) is 0.669. The van der Waals surface area contributed by atoms with E-state index in [2.05, 4.69) is 15.0 Å². The first-order valence-electron chi connectivity index (χ1n) is 3.13. The summed E-state index contributed by atoms with van der Waals surface area (Å²) >= 11 is 0. The highest BCUT2D eigenvalue weighted by Gasteiger charge is 2.10. The predicted molar refractivity (Wildman–Crippen MR) is 46.8 cm³/mol. The molecule has 0 saturated carbocycles. The van der Waals surface area contributed by atoms with Gasteiger partial charge in [-0.2, -0.15) is 8.42 Å². The van der Waals surface area contributed by atoms with Crippen LogP contribution in [0.25, 0.3) is 0 Å². The molecule has 1 rings (SSSR count). The molecule has 1 aromatic heterocycles. The molecule has 0 bridgehead atoms. The Hall–Kier alpha value is -1.48. The van der Waals surface area contributed by atoms with E-state index >= 15 is 0 Å². The lowest BCUT2D eigenvalue weighted by atomic mass is 10.9. The molecule has 10 heteroatoms. The smallest absolute Gasteiger partial charge is 0.275 e. The van der Waals surface area contributed by atoms with E-state index in [9.17, 15) is 13.2 Å². The molecule has 0 spiro atoms. The number of aromatic nitrogens is 3. The van der Waals surface area contributed by atoms with Crippen LogP contribution in [-0.2, 0) is 9.24 Å². The summed E-state index contributed by atoms with van der Waals surface area (Å²) < 4.78 is 22.2. The lowest BCUT2D eigenvalue weighted by Gasteiger charge is -2.01. The van der Waals surface area contributed by atoms with Crippen molar-refractivity contribution in [2.75, 3.05) is 5.32 Å². The van der Waals surface area contributed by atoms with Crippen LogP contribution in [-0.4, -0.2) is 29.4 Å². The second kappa shape index (κ2) is 4.15. The number of rotatable bonds is 2. The van der Waals surface area contributed by atoms with Crippen molar-refractivity contribution in [1.82, 2.24) is 19.7 Å². The van der Waals surface area contributed by atoms with Crippen LogP contribution in [0.3, 0.4) is 0 Å². The van der Waals surface area contributed by atoms with E-state index < -0.39 is 15.3 Å². The summed E-state index contributed by atoms with van der Waals surface area (Å²) in [6, 6.07) is -1.05. The van der Waals surface area contributed by atoms with Gasteiger partial charge in [-0.05, 0) is 0 Å². The topological polar surface area (TPSA) is 114 Å². The lowest BCUT2D eigenvalue weighted by molar-refractivity contribution is 0.256. The molecule has 0 unspecified atom stereocenters. The molecule has 0 radical (unpaired) electrons. The fourth-order valence-electron chi connectivity index (χ4n) is 0.542. The average molecular weight is 238 g/mol. The maximum Gasteiger partial charge on any atom is 0.336 e. The van der Waals surface area contributed by atoms with Crippen molar-refractivity contribution in [1.29, 1.82) is 0 Å². The molecule has 2 amide bonds. The van der Waals surface area contributed by atoms with Crippen LogP contribution < -0.4 is 10.0 Å². The average Bonchev–Trinajstić information content (AvgIpc) is 2.02. The van der Waals surface area contributed by atoms with E-state index in [-0.39, 0.29) is 5.95 Å². The summed E-state index contributed by atoms with van der Waals surface area (Å²) in [5, 5.41) is 2.02. The molecule has 0 atom stereocenters. The number of nitrogens with zero attached hydrogens (tertiary/aromatic N) is 3. The SMILES string of the molecule is O=C(Nc1ncncn1)NS(=O)(=O)Cl. The van der Waals surface area contributed by atoms with Crippen molar-refractivity contribution < 1.29 is 13.2 Å². The van der Waals surface area contributed by atoms with Gasteiger partial charge in [0.25, 0.3) is 0 Å². The number of nitrogens with one attached hydrogen (secondary N) is 2. The van der Waals surface area contributed by atoms with E-state index in [4.69, 9.17) is 10.7 Å². The second-order valence-corrected chi connectivity index (χ2v) is 4.25. The highest BCUT2D eigenvalue weighted by molar-refractivity contribution is 8.12. The van der Waals surface area contributed by atoms with E-state index in [0.717, 1.165) is 12.7 Å². The molecular weight excluding hydrogens is 234 g/mol. The van der Waals surface area contributed by atoms with Crippen molar-refractivity contribution in [3.63, 3.8) is 0 Å². The zero-order valence-electron chi connectivity index (χ0n) is 6.51. The van der Waals surface area contributed by atoms with Gasteiger partial charge in [0.15, 0.2) is 0 Å². The monoisotopic (exact) mass is 237 g/mol. The first-order chi connectivity index (χ1) is 6.47. The highest BCUT2D eigenvalue weighted by Crippen LogP contribution is 1.94. The number of urea groups is 1. The van der Waals surface area contributed by atoms with Crippen molar-refractivity contribution in [3.05, 3.63) is 12.7 Å². The van der Waals surface area contributed by atoms with Crippen molar-refractivity contribution in [2.24, 2.45) is 0 Å². The number of amides is 2. The van der Waals surface area contributed by atoms with Crippen LogP contribution in [0, 0.1) is 0 Å². The summed E-state index contributed by atoms with van der Waals surface area (Å²) in [5.74, 6) is -0.0854. The third kappa shape index (κ3) is 3.96. The number of carbonyl (C=O) groups is 1. The first kappa shape index (κ1) is 10.6. The van der Waals surface area contributed by atoms with Gasteiger partial charge >= 0.3 is 15.3 Å². The second-order valence-electron chi connectivity index (χ2n) is 1.96. The van der Waals surface area contributed by atoms with Gasteiger partial charge in [0, 0.05) is 10.7 Å². The van der Waals surface area contributed by atoms with Gasteiger partial charge in [-0.25, -0.2) is 24.5 Å². The Balaban J connectivity index is 2.59. The maximum atomic E-state index is 10.8. The molecule has 0 aliphatic heterocycles. The molecule has 1 aromatic rings. The molecule has 0 aliphatic rings. The summed E-state index contributed by atoms with van der Waals surface area (Å²) in [6.07, 6.45) is 2.27. The molecular formula is C4H4ClN5O3S. The van der Waals surface area contributed by atoms with Gasteiger partial charge in [-0.1, -0.05) is 0 Å². The Labute approximate surface area is 83.3 Å². The summed E-state index contributed by atoms with van der Waals surface area (Å²) in [6.45, 7) is 0. The van der Waals surface area contributed by atoms with Gasteiger partial charge in [-0.15, -0.1) is 0 Å². The molecule has 76 valence electrons. The molecule has 0 saturated heterocycles. The molecule has 0 aromatic carbocycles. The number of halogens is 1. The van der Waals surface area contributed by atoms with Gasteiger partial charge in [0.05, 0.1) is 0 Å². The number of carbonyl (C=O) groups excluding carboxylic acids is 1. The van der Waals surface area contributed by atoms with E-state index in [1.807, 2.05) is 5.32 Å². The standard InChI is InChI=1S/C4H4ClN5O3S/c5-14(12,13)10-4(11)9-3-7-1-6-2-8-3/h1-2H,(H2,6,7,8,9,10,11). The Morgan fingerprint density at radius 1 is 1.36 bits per heavy atom. The van der Waals surface area contributed by atoms with Gasteiger partial charge < -0.3 is 0 Å². The van der Waals surface area contributed by atoms with Crippen LogP contribution in [0.5, 0.6) is 0 Å². The lowest BCUT2D eigenvalue weighted by Crippen LogP contribution is -2.31. The van der Waals surface area contributed by atoms with Crippen molar-refractivity contribution in [2.45, 2.75) is 0 Å². The minimum atomic E-state index is -4.10. The number of hydrogen-bond donors (Lipinski definition) is 2. The van der Waals surface area contributed by atoms with Gasteiger partial charge in [0.2, 0.25) is 5.95 Å². The van der Waals surface area contributed by atoms with Crippen molar-refractivity contribution >= 4 is 31.9 Å². The van der Waals surface area contributed by atoms with Crippen LogP contribution in [0.1, 0.15) is 0 Å². The molecule has 14 heavy (non-hydrogen) atoms. The van der Waals surface area contributed by atoms with Crippen LogP contribution >= 0.6 is 10.7 Å². The summed E-state index contributed by atoms with van der Waals surface area (Å²) in [7, 11) is 0.637. The Morgan fingerprint density at radius 2 is 1.93 bits per heavy atom. The van der Waals surface area contributed by atoms with Crippen LogP contribution in [0.2, 0.25) is 0 Å². The van der Waals surface area contributed by atoms with Gasteiger partial charge in [-0.3, -0.25) is 5.32 Å². The molecule has 0 fully saturated rings. The summed E-state index contributed by atoms with van der Waals surface area (Å²) in [4.78, 5) is 21.4. The zero-order chi connectivity index (χ0) is 10.6. The predicted octanol–water partition coefficient (Wildman–Crippen LogP) is -0.523. The van der Waals surface area contributed by atoms with Crippen molar-refractivity contribution in [3.8, 4) is 0 Å². The fraction of sp³-hybridized carbons (Fsp3) is 0. The van der Waals surface area contributed by atoms with E-state index in [1.165, 1.54) is 4.72 Å². The largest absolute Gasteiger partial charge is 0.336 e. The molecule has 0 aliphatic carbocycles. The highest BCUT2D eigenvalue weighted by atomic mass is 35.7. The Bertz CT molecular complexity index is 420. The zero-order valence-corrected chi connectivity index (χ0v) is 8.08. The van der Waals surface area contributed by atoms with Crippen LogP contribution in [0.4, 0.5) is 10.7 Å². The number of hydrogen-bond acceptors (Lipinski definition) is 6. The number of anilines is 1. The summed E-state index contributed by atoms with van der Waals surface area (Å²) in [5.41, 5.74) is 0. The third-order valence-corrected chi connectivity index (χ3v) is 1.59. The molecule has 1 heterocycles. The fourth-order valence-corrected chi connectivity index (χ4v) is 1.02. The Kier molecular flexibility index (Phi) is 3.14. The maximum absolute atomic E-state index is 10.8.